The topological polar surface area (TPSA) is 24.8 Å². The number of hydrogen-bond acceptors (Lipinski definition) is 3. The number of nitrogens with zero attached hydrogens (tertiary/aromatic N) is 2. The highest BCUT2D eigenvalue weighted by atomic mass is 16.5. The van der Waals surface area contributed by atoms with Crippen molar-refractivity contribution in [2.24, 2.45) is 5.10 Å². The van der Waals surface area contributed by atoms with Gasteiger partial charge in [0, 0.05) is 19.9 Å². The van der Waals surface area contributed by atoms with Crippen LogP contribution in [0.3, 0.4) is 0 Å². The standard InChI is InChI=1S/C16H28N2O/c1-3-4-5-6-7-8-9-10-13-17-18-14-11-12-16(18)15-19-2/h3-6,13,16H,7-12,14-15H2,1-2H3/b4-3+,6-5+,17-13+/t16-/m1/s1. The van der Waals surface area contributed by atoms with Gasteiger partial charge in [0.05, 0.1) is 12.6 Å². The van der Waals surface area contributed by atoms with Crippen molar-refractivity contribution in [2.45, 2.75) is 51.5 Å². The molecule has 0 amide bonds. The summed E-state index contributed by atoms with van der Waals surface area (Å²) in [5.41, 5.74) is 0. The molecule has 1 rings (SSSR count). The lowest BCUT2D eigenvalue weighted by atomic mass is 10.2. The first kappa shape index (κ1) is 16.0. The van der Waals surface area contributed by atoms with Crippen molar-refractivity contribution in [3.63, 3.8) is 0 Å². The zero-order valence-electron chi connectivity index (χ0n) is 12.4. The molecule has 19 heavy (non-hydrogen) atoms. The average Bonchev–Trinajstić information content (AvgIpc) is 2.85. The van der Waals surface area contributed by atoms with E-state index in [9.17, 15) is 0 Å². The van der Waals surface area contributed by atoms with Crippen molar-refractivity contribution in [3.05, 3.63) is 24.3 Å². The number of methoxy groups -OCH3 is 1. The first-order chi connectivity index (χ1) is 9.38. The molecule has 1 aliphatic heterocycles. The van der Waals surface area contributed by atoms with E-state index >= 15 is 0 Å². The lowest BCUT2D eigenvalue weighted by molar-refractivity contribution is 0.118. The molecule has 0 aromatic carbocycles. The number of allylic oxidation sites excluding steroid dienone is 4. The summed E-state index contributed by atoms with van der Waals surface area (Å²) in [4.78, 5) is 0. The summed E-state index contributed by atoms with van der Waals surface area (Å²) in [6.45, 7) is 3.92. The predicted octanol–water partition coefficient (Wildman–Crippen LogP) is 3.78. The van der Waals surface area contributed by atoms with Gasteiger partial charge in [-0.05, 0) is 45.4 Å². The van der Waals surface area contributed by atoms with Crippen LogP contribution in [0.25, 0.3) is 0 Å². The van der Waals surface area contributed by atoms with E-state index in [1.807, 2.05) is 6.92 Å². The Labute approximate surface area is 118 Å². The SMILES string of the molecule is C/C=C/C=C/CCCC/C=N/N1CCC[C@@H]1COC. The van der Waals surface area contributed by atoms with Gasteiger partial charge >= 0.3 is 0 Å². The quantitative estimate of drug-likeness (QED) is 0.360. The molecule has 108 valence electrons. The largest absolute Gasteiger partial charge is 0.382 e. The van der Waals surface area contributed by atoms with E-state index in [0.717, 1.165) is 26.0 Å². The van der Waals surface area contributed by atoms with Gasteiger partial charge in [-0.15, -0.1) is 0 Å². The van der Waals surface area contributed by atoms with Crippen LogP contribution in [-0.4, -0.2) is 37.5 Å². The molecule has 1 saturated heterocycles. The minimum Gasteiger partial charge on any atom is -0.382 e. The number of unbranched alkanes of at least 4 members (excludes halogenated alkanes) is 3. The van der Waals surface area contributed by atoms with Gasteiger partial charge in [0.2, 0.25) is 0 Å². The Morgan fingerprint density at radius 3 is 2.89 bits per heavy atom. The highest BCUT2D eigenvalue weighted by Crippen LogP contribution is 2.17. The highest BCUT2D eigenvalue weighted by Gasteiger charge is 2.22. The molecule has 0 aromatic rings. The summed E-state index contributed by atoms with van der Waals surface area (Å²) in [6.07, 6.45) is 17.7. The summed E-state index contributed by atoms with van der Waals surface area (Å²) in [6, 6.07) is 0.491. The Morgan fingerprint density at radius 2 is 2.11 bits per heavy atom. The first-order valence-electron chi connectivity index (χ1n) is 7.44. The maximum atomic E-state index is 5.22. The number of rotatable bonds is 9. The fraction of sp³-hybridized carbons (Fsp3) is 0.688. The summed E-state index contributed by atoms with van der Waals surface area (Å²) < 4.78 is 5.22. The van der Waals surface area contributed by atoms with Gasteiger partial charge in [0.15, 0.2) is 0 Å². The van der Waals surface area contributed by atoms with Crippen LogP contribution in [-0.2, 0) is 4.74 Å². The van der Waals surface area contributed by atoms with Crippen LogP contribution >= 0.6 is 0 Å². The van der Waals surface area contributed by atoms with E-state index in [1.165, 1.54) is 25.7 Å². The van der Waals surface area contributed by atoms with Crippen molar-refractivity contribution < 1.29 is 4.74 Å². The molecule has 0 aromatic heterocycles. The second kappa shape index (κ2) is 10.8. The second-order valence-electron chi connectivity index (χ2n) is 4.95. The molecule has 0 bridgehead atoms. The van der Waals surface area contributed by atoms with Gasteiger partial charge in [-0.25, -0.2) is 0 Å². The number of hydrogen-bond donors (Lipinski definition) is 0. The van der Waals surface area contributed by atoms with Gasteiger partial charge in [0.1, 0.15) is 0 Å². The molecule has 1 aliphatic rings. The molecule has 3 nitrogen and oxygen atoms in total. The number of hydrazone groups is 1. The molecule has 0 aliphatic carbocycles. The molecule has 1 atom stereocenters. The van der Waals surface area contributed by atoms with Crippen LogP contribution in [0, 0.1) is 0 Å². The van der Waals surface area contributed by atoms with E-state index in [1.54, 1.807) is 7.11 Å². The van der Waals surface area contributed by atoms with Gasteiger partial charge in [-0.3, -0.25) is 5.01 Å². The van der Waals surface area contributed by atoms with E-state index in [-0.39, 0.29) is 0 Å². The van der Waals surface area contributed by atoms with Gasteiger partial charge in [0.25, 0.3) is 0 Å². The Kier molecular flexibility index (Phi) is 9.07. The van der Waals surface area contributed by atoms with Crippen molar-refractivity contribution in [2.75, 3.05) is 20.3 Å². The van der Waals surface area contributed by atoms with Crippen LogP contribution in [0.4, 0.5) is 0 Å². The third-order valence-electron chi connectivity index (χ3n) is 3.33. The minimum atomic E-state index is 0.491. The maximum Gasteiger partial charge on any atom is 0.0704 e. The molecule has 3 heteroatoms. The van der Waals surface area contributed by atoms with Gasteiger partial charge in [-0.2, -0.15) is 5.10 Å². The van der Waals surface area contributed by atoms with E-state index < -0.39 is 0 Å². The Hall–Kier alpha value is -1.09. The summed E-state index contributed by atoms with van der Waals surface area (Å²) in [7, 11) is 1.77. The van der Waals surface area contributed by atoms with Crippen LogP contribution in [0.15, 0.2) is 29.4 Å². The predicted molar refractivity (Wildman–Crippen MR) is 82.5 cm³/mol. The van der Waals surface area contributed by atoms with E-state index in [2.05, 4.69) is 40.6 Å². The average molecular weight is 264 g/mol. The maximum absolute atomic E-state index is 5.22. The third kappa shape index (κ3) is 7.16. The van der Waals surface area contributed by atoms with Crippen molar-refractivity contribution in [3.8, 4) is 0 Å². The zero-order chi connectivity index (χ0) is 13.8. The van der Waals surface area contributed by atoms with Crippen LogP contribution in [0.1, 0.15) is 45.4 Å². The summed E-state index contributed by atoms with van der Waals surface area (Å²) >= 11 is 0. The summed E-state index contributed by atoms with van der Waals surface area (Å²) in [5, 5.41) is 6.76. The highest BCUT2D eigenvalue weighted by molar-refractivity contribution is 5.56. The molecule has 0 spiro atoms. The monoisotopic (exact) mass is 264 g/mol. The molecule has 1 heterocycles. The first-order valence-corrected chi connectivity index (χ1v) is 7.44. The normalized spacial score (nSPS) is 20.5. The molecular weight excluding hydrogens is 236 g/mol. The fourth-order valence-corrected chi connectivity index (χ4v) is 2.28. The Bertz CT molecular complexity index is 297. The van der Waals surface area contributed by atoms with Gasteiger partial charge < -0.3 is 4.74 Å². The Balaban J connectivity index is 2.06. The Morgan fingerprint density at radius 1 is 1.26 bits per heavy atom. The van der Waals surface area contributed by atoms with Crippen LogP contribution in [0.2, 0.25) is 0 Å². The van der Waals surface area contributed by atoms with E-state index in [4.69, 9.17) is 4.74 Å². The van der Waals surface area contributed by atoms with Crippen LogP contribution < -0.4 is 0 Å². The molecule has 0 N–H and O–H groups in total. The molecule has 1 fully saturated rings. The van der Waals surface area contributed by atoms with Crippen LogP contribution in [0.5, 0.6) is 0 Å². The lowest BCUT2D eigenvalue weighted by Gasteiger charge is -2.20. The molecular formula is C16H28N2O. The fourth-order valence-electron chi connectivity index (χ4n) is 2.28. The van der Waals surface area contributed by atoms with Crippen molar-refractivity contribution in [1.29, 1.82) is 0 Å². The van der Waals surface area contributed by atoms with Crippen molar-refractivity contribution in [1.82, 2.24) is 5.01 Å². The minimum absolute atomic E-state index is 0.491. The molecule has 0 radical (unpaired) electrons. The van der Waals surface area contributed by atoms with E-state index in [0.29, 0.717) is 6.04 Å². The molecule has 0 unspecified atom stereocenters. The lowest BCUT2D eigenvalue weighted by Crippen LogP contribution is -2.28. The molecule has 0 saturated carbocycles. The second-order valence-corrected chi connectivity index (χ2v) is 4.95. The van der Waals surface area contributed by atoms with Crippen molar-refractivity contribution >= 4 is 6.21 Å². The number of ether oxygens (including phenoxy) is 1. The smallest absolute Gasteiger partial charge is 0.0704 e. The summed E-state index contributed by atoms with van der Waals surface area (Å²) in [5.74, 6) is 0. The third-order valence-corrected chi connectivity index (χ3v) is 3.33. The van der Waals surface area contributed by atoms with Gasteiger partial charge in [-0.1, -0.05) is 24.3 Å². The zero-order valence-corrected chi connectivity index (χ0v) is 12.4.